The third-order valence-corrected chi connectivity index (χ3v) is 7.07. The van der Waals surface area contributed by atoms with E-state index in [9.17, 15) is 13.2 Å². The van der Waals surface area contributed by atoms with Gasteiger partial charge in [0.2, 0.25) is 10.0 Å². The minimum atomic E-state index is -3.73. The molecule has 1 atom stereocenters. The SMILES string of the molecule is O=C(c1ccc(Cl)c(S(=O)(=O)NC2CC2)c1)N1CCCC1c1ccccc1. The van der Waals surface area contributed by atoms with Gasteiger partial charge in [-0.1, -0.05) is 41.9 Å². The first kappa shape index (κ1) is 18.5. The van der Waals surface area contributed by atoms with Crippen LogP contribution in [0.4, 0.5) is 0 Å². The van der Waals surface area contributed by atoms with Gasteiger partial charge in [-0.15, -0.1) is 0 Å². The Bertz CT molecular complexity index is 958. The van der Waals surface area contributed by atoms with E-state index in [0.29, 0.717) is 12.1 Å². The smallest absolute Gasteiger partial charge is 0.254 e. The number of rotatable bonds is 5. The maximum Gasteiger partial charge on any atom is 0.254 e. The number of amides is 1. The van der Waals surface area contributed by atoms with Gasteiger partial charge in [-0.3, -0.25) is 4.79 Å². The lowest BCUT2D eigenvalue weighted by Crippen LogP contribution is -2.31. The zero-order valence-electron chi connectivity index (χ0n) is 14.8. The molecule has 2 aromatic rings. The van der Waals surface area contributed by atoms with Gasteiger partial charge in [0.25, 0.3) is 5.91 Å². The minimum absolute atomic E-state index is 0.0130. The van der Waals surface area contributed by atoms with Crippen LogP contribution < -0.4 is 4.72 Å². The van der Waals surface area contributed by atoms with Crippen LogP contribution in [0.3, 0.4) is 0 Å². The van der Waals surface area contributed by atoms with E-state index in [4.69, 9.17) is 11.6 Å². The van der Waals surface area contributed by atoms with Crippen molar-refractivity contribution in [1.29, 1.82) is 0 Å². The molecule has 1 aliphatic carbocycles. The lowest BCUT2D eigenvalue weighted by atomic mass is 10.0. The number of halogens is 1. The number of hydrogen-bond donors (Lipinski definition) is 1. The van der Waals surface area contributed by atoms with Crippen molar-refractivity contribution < 1.29 is 13.2 Å². The van der Waals surface area contributed by atoms with Gasteiger partial charge in [0.05, 0.1) is 11.1 Å². The van der Waals surface area contributed by atoms with Crippen LogP contribution in [-0.2, 0) is 10.0 Å². The van der Waals surface area contributed by atoms with E-state index in [0.717, 1.165) is 31.2 Å². The summed E-state index contributed by atoms with van der Waals surface area (Å²) in [6.07, 6.45) is 3.50. The molecule has 142 valence electrons. The fourth-order valence-corrected chi connectivity index (χ4v) is 5.35. The first-order valence-electron chi connectivity index (χ1n) is 9.13. The molecule has 5 nitrogen and oxygen atoms in total. The molecule has 2 aromatic carbocycles. The number of nitrogens with one attached hydrogen (secondary N) is 1. The van der Waals surface area contributed by atoms with Crippen molar-refractivity contribution in [1.82, 2.24) is 9.62 Å². The molecule has 0 radical (unpaired) electrons. The number of carbonyl (C=O) groups is 1. The molecule has 1 saturated carbocycles. The van der Waals surface area contributed by atoms with E-state index >= 15 is 0 Å². The molecule has 1 aliphatic heterocycles. The minimum Gasteiger partial charge on any atom is -0.332 e. The average molecular weight is 405 g/mol. The van der Waals surface area contributed by atoms with Gasteiger partial charge in [-0.25, -0.2) is 13.1 Å². The maximum atomic E-state index is 13.1. The van der Waals surface area contributed by atoms with Crippen molar-refractivity contribution in [3.63, 3.8) is 0 Å². The van der Waals surface area contributed by atoms with Crippen LogP contribution in [-0.4, -0.2) is 31.8 Å². The molecule has 1 saturated heterocycles. The van der Waals surface area contributed by atoms with Crippen molar-refractivity contribution in [2.45, 2.75) is 42.7 Å². The normalized spacial score (nSPS) is 20.0. The van der Waals surface area contributed by atoms with E-state index in [-0.39, 0.29) is 27.9 Å². The number of nitrogens with zero attached hydrogens (tertiary/aromatic N) is 1. The van der Waals surface area contributed by atoms with Crippen LogP contribution in [0, 0.1) is 0 Å². The number of likely N-dealkylation sites (tertiary alicyclic amines) is 1. The first-order chi connectivity index (χ1) is 13.0. The van der Waals surface area contributed by atoms with Gasteiger partial charge in [0, 0.05) is 18.2 Å². The molecule has 1 unspecified atom stereocenters. The van der Waals surface area contributed by atoms with Gasteiger partial charge in [0.1, 0.15) is 4.90 Å². The average Bonchev–Trinajstić information content (AvgIpc) is 3.32. The predicted molar refractivity (Wildman–Crippen MR) is 104 cm³/mol. The monoisotopic (exact) mass is 404 g/mol. The standard InChI is InChI=1S/C20H21ClN2O3S/c21-17-11-8-15(13-19(17)27(25,26)22-16-9-10-16)20(24)23-12-4-7-18(23)14-5-2-1-3-6-14/h1-3,5-6,8,11,13,16,18,22H,4,7,9-10,12H2. The van der Waals surface area contributed by atoms with Crippen LogP contribution in [0.25, 0.3) is 0 Å². The summed E-state index contributed by atoms with van der Waals surface area (Å²) in [5, 5.41) is 0.126. The highest BCUT2D eigenvalue weighted by Gasteiger charge is 2.33. The van der Waals surface area contributed by atoms with Crippen LogP contribution in [0.15, 0.2) is 53.4 Å². The number of benzene rings is 2. The predicted octanol–water partition coefficient (Wildman–Crippen LogP) is 3.76. The van der Waals surface area contributed by atoms with Gasteiger partial charge >= 0.3 is 0 Å². The molecule has 7 heteroatoms. The van der Waals surface area contributed by atoms with Crippen molar-refractivity contribution >= 4 is 27.5 Å². The zero-order valence-corrected chi connectivity index (χ0v) is 16.3. The number of sulfonamides is 1. The molecule has 1 heterocycles. The topological polar surface area (TPSA) is 66.5 Å². The molecule has 2 aliphatic rings. The van der Waals surface area contributed by atoms with E-state index in [1.165, 1.54) is 12.1 Å². The van der Waals surface area contributed by atoms with Crippen molar-refractivity contribution in [3.8, 4) is 0 Å². The van der Waals surface area contributed by atoms with Crippen molar-refractivity contribution in [3.05, 3.63) is 64.7 Å². The van der Waals surface area contributed by atoms with Crippen LogP contribution in [0.2, 0.25) is 5.02 Å². The molecule has 0 spiro atoms. The van der Waals surface area contributed by atoms with Gasteiger partial charge in [0.15, 0.2) is 0 Å². The Morgan fingerprint density at radius 1 is 1.07 bits per heavy atom. The number of hydrogen-bond acceptors (Lipinski definition) is 3. The van der Waals surface area contributed by atoms with Gasteiger partial charge in [-0.2, -0.15) is 0 Å². The second-order valence-corrected chi connectivity index (χ2v) is 9.20. The van der Waals surface area contributed by atoms with Crippen LogP contribution in [0.5, 0.6) is 0 Å². The second kappa shape index (κ2) is 7.26. The highest BCUT2D eigenvalue weighted by atomic mass is 35.5. The molecule has 0 bridgehead atoms. The van der Waals surface area contributed by atoms with Crippen LogP contribution >= 0.6 is 11.6 Å². The summed E-state index contributed by atoms with van der Waals surface area (Å²) >= 11 is 6.13. The molecule has 1 N–H and O–H groups in total. The Morgan fingerprint density at radius 3 is 2.52 bits per heavy atom. The van der Waals surface area contributed by atoms with Crippen molar-refractivity contribution in [2.24, 2.45) is 0 Å². The lowest BCUT2D eigenvalue weighted by molar-refractivity contribution is 0.0735. The molecule has 27 heavy (non-hydrogen) atoms. The van der Waals surface area contributed by atoms with E-state index < -0.39 is 10.0 Å². The summed E-state index contributed by atoms with van der Waals surface area (Å²) in [5.41, 5.74) is 1.44. The maximum absolute atomic E-state index is 13.1. The molecular formula is C20H21ClN2O3S. The van der Waals surface area contributed by atoms with Crippen LogP contribution in [0.1, 0.15) is 47.6 Å². The molecule has 1 amide bonds. The summed E-state index contributed by atoms with van der Waals surface area (Å²) in [7, 11) is -3.73. The van der Waals surface area contributed by atoms with E-state index in [1.54, 1.807) is 6.07 Å². The van der Waals surface area contributed by atoms with Gasteiger partial charge < -0.3 is 4.90 Å². The van der Waals surface area contributed by atoms with Crippen molar-refractivity contribution in [2.75, 3.05) is 6.54 Å². The summed E-state index contributed by atoms with van der Waals surface area (Å²) in [5.74, 6) is -0.166. The quantitative estimate of drug-likeness (QED) is 0.825. The van der Waals surface area contributed by atoms with E-state index in [1.807, 2.05) is 35.2 Å². The second-order valence-electron chi connectivity index (χ2n) is 7.11. The Labute approximate surface area is 164 Å². The highest BCUT2D eigenvalue weighted by molar-refractivity contribution is 7.89. The summed E-state index contributed by atoms with van der Waals surface area (Å²) < 4.78 is 27.8. The molecule has 0 aromatic heterocycles. The zero-order chi connectivity index (χ0) is 19.0. The first-order valence-corrected chi connectivity index (χ1v) is 11.0. The summed E-state index contributed by atoms with van der Waals surface area (Å²) in [6, 6.07) is 14.4. The van der Waals surface area contributed by atoms with E-state index in [2.05, 4.69) is 4.72 Å². The third-order valence-electron chi connectivity index (χ3n) is 5.06. The third kappa shape index (κ3) is 3.88. The molecule has 2 fully saturated rings. The lowest BCUT2D eigenvalue weighted by Gasteiger charge is -2.25. The van der Waals surface area contributed by atoms with Gasteiger partial charge in [-0.05, 0) is 49.4 Å². The largest absolute Gasteiger partial charge is 0.332 e. The summed E-state index contributed by atoms with van der Waals surface area (Å²) in [4.78, 5) is 14.9. The fourth-order valence-electron chi connectivity index (χ4n) is 3.52. The Kier molecular flexibility index (Phi) is 4.97. The fraction of sp³-hybridized carbons (Fsp3) is 0.350. The molecule has 4 rings (SSSR count). The molecular weight excluding hydrogens is 384 g/mol. The Morgan fingerprint density at radius 2 is 1.81 bits per heavy atom. The Hall–Kier alpha value is -1.89. The Balaban J connectivity index is 1.63. The highest BCUT2D eigenvalue weighted by Crippen LogP contribution is 2.34. The number of carbonyl (C=O) groups excluding carboxylic acids is 1. The summed E-state index contributed by atoms with van der Waals surface area (Å²) in [6.45, 7) is 0.656.